The van der Waals surface area contributed by atoms with Gasteiger partial charge in [-0.2, -0.15) is 13.2 Å². The zero-order valence-corrected chi connectivity index (χ0v) is 11.4. The predicted octanol–water partition coefficient (Wildman–Crippen LogP) is 4.34. The average Bonchev–Trinajstić information content (AvgIpc) is 2.63. The van der Waals surface area contributed by atoms with Crippen molar-refractivity contribution < 1.29 is 13.2 Å². The second kappa shape index (κ2) is 5.17. The third-order valence-electron chi connectivity index (χ3n) is 2.56. The summed E-state index contributed by atoms with van der Waals surface area (Å²) in [7, 11) is 0. The van der Waals surface area contributed by atoms with Crippen molar-refractivity contribution in [2.45, 2.75) is 31.4 Å². The number of halogens is 5. The first-order chi connectivity index (χ1) is 8.78. The maximum Gasteiger partial charge on any atom is 0.390 e. The van der Waals surface area contributed by atoms with Crippen molar-refractivity contribution in [3.05, 3.63) is 23.1 Å². The topological polar surface area (TPSA) is 30.7 Å². The van der Waals surface area contributed by atoms with Gasteiger partial charge in [-0.25, -0.2) is 9.97 Å². The Balaban J connectivity index is 2.46. The molecule has 0 bridgehead atoms. The summed E-state index contributed by atoms with van der Waals surface area (Å²) in [6.07, 6.45) is -3.83. The van der Waals surface area contributed by atoms with Crippen molar-refractivity contribution in [2.24, 2.45) is 0 Å². The number of nitrogens with zero attached hydrogens (tertiary/aromatic N) is 3. The molecule has 0 aliphatic heterocycles. The molecule has 0 saturated carbocycles. The van der Waals surface area contributed by atoms with Crippen molar-refractivity contribution in [1.29, 1.82) is 0 Å². The molecule has 8 heteroatoms. The highest BCUT2D eigenvalue weighted by Crippen LogP contribution is 2.27. The zero-order valence-electron chi connectivity index (χ0n) is 9.88. The first-order valence-corrected chi connectivity index (χ1v) is 6.32. The molecule has 2 aromatic rings. The molecule has 104 valence electrons. The highest BCUT2D eigenvalue weighted by atomic mass is 35.5. The van der Waals surface area contributed by atoms with E-state index in [1.54, 1.807) is 13.0 Å². The number of hydrogen-bond donors (Lipinski definition) is 0. The van der Waals surface area contributed by atoms with Crippen molar-refractivity contribution in [3.63, 3.8) is 0 Å². The number of aryl methyl sites for hydroxylation is 1. The molecule has 3 nitrogen and oxygen atoms in total. The smallest absolute Gasteiger partial charge is 0.311 e. The Morgan fingerprint density at radius 1 is 1.42 bits per heavy atom. The third kappa shape index (κ3) is 3.30. The van der Waals surface area contributed by atoms with E-state index in [0.29, 0.717) is 22.0 Å². The summed E-state index contributed by atoms with van der Waals surface area (Å²) in [6.45, 7) is 1.38. The lowest BCUT2D eigenvalue weighted by Gasteiger charge is -2.11. The lowest BCUT2D eigenvalue weighted by Crippen LogP contribution is -2.14. The molecule has 1 atom stereocenters. The molecule has 0 aliphatic carbocycles. The van der Waals surface area contributed by atoms with Gasteiger partial charge in [-0.1, -0.05) is 11.6 Å². The molecule has 0 aliphatic rings. The fourth-order valence-electron chi connectivity index (χ4n) is 1.77. The van der Waals surface area contributed by atoms with Crippen LogP contribution in [0.1, 0.15) is 24.5 Å². The van der Waals surface area contributed by atoms with Crippen LogP contribution in [0.2, 0.25) is 5.02 Å². The Kier molecular flexibility index (Phi) is 3.92. The quantitative estimate of drug-likeness (QED) is 0.790. The summed E-state index contributed by atoms with van der Waals surface area (Å²) < 4.78 is 38.4. The number of hydrogen-bond acceptors (Lipinski definition) is 2. The minimum absolute atomic E-state index is 0.263. The van der Waals surface area contributed by atoms with Crippen LogP contribution < -0.4 is 0 Å². The Hall–Kier alpha value is -1.01. The van der Waals surface area contributed by atoms with Crippen LogP contribution in [0.5, 0.6) is 0 Å². The van der Waals surface area contributed by atoms with Crippen LogP contribution in [-0.2, 0) is 6.54 Å². The van der Waals surface area contributed by atoms with Crippen molar-refractivity contribution >= 4 is 34.4 Å². The van der Waals surface area contributed by atoms with E-state index in [9.17, 15) is 13.2 Å². The molecule has 2 heterocycles. The Morgan fingerprint density at radius 3 is 2.68 bits per heavy atom. The summed E-state index contributed by atoms with van der Waals surface area (Å²) >= 11 is 11.7. The molecule has 19 heavy (non-hydrogen) atoms. The molecule has 0 amide bonds. The van der Waals surface area contributed by atoms with Gasteiger partial charge in [-0.05, 0) is 13.0 Å². The second-order valence-electron chi connectivity index (χ2n) is 4.10. The molecule has 0 fully saturated rings. The number of imidazole rings is 1. The zero-order chi connectivity index (χ0) is 14.2. The Morgan fingerprint density at radius 2 is 2.11 bits per heavy atom. The van der Waals surface area contributed by atoms with Gasteiger partial charge >= 0.3 is 6.18 Å². The van der Waals surface area contributed by atoms with Gasteiger partial charge in [-0.15, -0.1) is 11.6 Å². The maximum atomic E-state index is 12.3. The standard InChI is InChI=1S/C11H10Cl2F3N3/c1-6(12)9-18-8-4-7(13)5-17-10(8)19(9)3-2-11(14,15)16/h4-6H,2-3H2,1H3. The van der Waals surface area contributed by atoms with E-state index in [1.165, 1.54) is 10.8 Å². The first kappa shape index (κ1) is 14.4. The number of aromatic nitrogens is 3. The van der Waals surface area contributed by atoms with Crippen molar-refractivity contribution in [1.82, 2.24) is 14.5 Å². The van der Waals surface area contributed by atoms with Gasteiger partial charge in [0.05, 0.1) is 16.8 Å². The number of pyridine rings is 1. The van der Waals surface area contributed by atoms with Crippen LogP contribution in [0.15, 0.2) is 12.3 Å². The fraction of sp³-hybridized carbons (Fsp3) is 0.455. The van der Waals surface area contributed by atoms with Crippen LogP contribution in [0.4, 0.5) is 13.2 Å². The highest BCUT2D eigenvalue weighted by molar-refractivity contribution is 6.31. The van der Waals surface area contributed by atoms with Gasteiger partial charge in [0, 0.05) is 12.7 Å². The highest BCUT2D eigenvalue weighted by Gasteiger charge is 2.28. The SMILES string of the molecule is CC(Cl)c1nc2cc(Cl)cnc2n1CCC(F)(F)F. The molecular formula is C11H10Cl2F3N3. The molecule has 0 aromatic carbocycles. The summed E-state index contributed by atoms with van der Waals surface area (Å²) in [5, 5.41) is -0.136. The maximum absolute atomic E-state index is 12.3. The van der Waals surface area contributed by atoms with Crippen molar-refractivity contribution in [3.8, 4) is 0 Å². The summed E-state index contributed by atoms with van der Waals surface area (Å²) in [6, 6.07) is 1.55. The lowest BCUT2D eigenvalue weighted by atomic mass is 10.3. The second-order valence-corrected chi connectivity index (χ2v) is 5.19. The number of alkyl halides is 4. The summed E-state index contributed by atoms with van der Waals surface area (Å²) in [5.74, 6) is 0.357. The summed E-state index contributed by atoms with van der Waals surface area (Å²) in [4.78, 5) is 8.22. The van der Waals surface area contributed by atoms with Crippen molar-refractivity contribution in [2.75, 3.05) is 0 Å². The van der Waals surface area contributed by atoms with Gasteiger partial charge < -0.3 is 4.57 Å². The van der Waals surface area contributed by atoms with Crippen LogP contribution >= 0.6 is 23.2 Å². The molecule has 2 aromatic heterocycles. The van der Waals surface area contributed by atoms with E-state index in [4.69, 9.17) is 23.2 Å². The predicted molar refractivity (Wildman–Crippen MR) is 67.5 cm³/mol. The minimum atomic E-state index is -4.24. The first-order valence-electron chi connectivity index (χ1n) is 5.50. The molecule has 0 spiro atoms. The number of fused-ring (bicyclic) bond motifs is 1. The third-order valence-corrected chi connectivity index (χ3v) is 2.96. The van der Waals surface area contributed by atoms with Gasteiger partial charge in [-0.3, -0.25) is 0 Å². The Bertz CT molecular complexity index is 593. The summed E-state index contributed by atoms with van der Waals surface area (Å²) in [5.41, 5.74) is 0.799. The van der Waals surface area contributed by atoms with Gasteiger partial charge in [0.25, 0.3) is 0 Å². The largest absolute Gasteiger partial charge is 0.390 e. The fourth-order valence-corrected chi connectivity index (χ4v) is 2.09. The van der Waals surface area contributed by atoms with Crippen LogP contribution in [-0.4, -0.2) is 20.7 Å². The van der Waals surface area contributed by atoms with Crippen LogP contribution in [0.3, 0.4) is 0 Å². The molecular weight excluding hydrogens is 302 g/mol. The molecule has 1 unspecified atom stereocenters. The van der Waals surface area contributed by atoms with E-state index < -0.39 is 18.0 Å². The lowest BCUT2D eigenvalue weighted by molar-refractivity contribution is -0.136. The van der Waals surface area contributed by atoms with E-state index in [1.807, 2.05) is 0 Å². The molecule has 0 N–H and O–H groups in total. The van der Waals surface area contributed by atoms with Gasteiger partial charge in [0.15, 0.2) is 5.65 Å². The molecule has 0 saturated heterocycles. The monoisotopic (exact) mass is 311 g/mol. The van der Waals surface area contributed by atoms with Crippen LogP contribution in [0, 0.1) is 0 Å². The molecule has 0 radical (unpaired) electrons. The van der Waals surface area contributed by atoms with Gasteiger partial charge in [0.2, 0.25) is 0 Å². The average molecular weight is 312 g/mol. The van der Waals surface area contributed by atoms with E-state index in [2.05, 4.69) is 9.97 Å². The van der Waals surface area contributed by atoms with E-state index in [0.717, 1.165) is 0 Å². The molecule has 2 rings (SSSR count). The van der Waals surface area contributed by atoms with Crippen LogP contribution in [0.25, 0.3) is 11.2 Å². The number of rotatable bonds is 3. The normalized spacial score (nSPS) is 14.0. The minimum Gasteiger partial charge on any atom is -0.311 e. The van der Waals surface area contributed by atoms with E-state index >= 15 is 0 Å². The van der Waals surface area contributed by atoms with Gasteiger partial charge in [0.1, 0.15) is 11.3 Å². The van der Waals surface area contributed by atoms with E-state index in [-0.39, 0.29) is 6.54 Å². The Labute approximate surface area is 117 Å².